The zero-order valence-electron chi connectivity index (χ0n) is 10.9. The van der Waals surface area contributed by atoms with Crippen LogP contribution >= 0.6 is 0 Å². The Kier molecular flexibility index (Phi) is 3.04. The van der Waals surface area contributed by atoms with E-state index in [9.17, 15) is 23.6 Å². The first-order chi connectivity index (χ1) is 9.99. The summed E-state index contributed by atoms with van der Waals surface area (Å²) in [5, 5.41) is 2.10. The molecule has 1 saturated heterocycles. The van der Waals surface area contributed by atoms with E-state index in [0.29, 0.717) is 0 Å². The molecule has 3 rings (SSSR count). The van der Waals surface area contributed by atoms with E-state index in [4.69, 9.17) is 0 Å². The van der Waals surface area contributed by atoms with E-state index in [0.717, 1.165) is 11.0 Å². The molecule has 0 spiro atoms. The van der Waals surface area contributed by atoms with Gasteiger partial charge in [0.2, 0.25) is 11.8 Å². The lowest BCUT2D eigenvalue weighted by molar-refractivity contribution is -0.150. The number of nitrogens with zero attached hydrogens (tertiary/aromatic N) is 1. The number of piperidine rings is 1. The van der Waals surface area contributed by atoms with E-state index in [1.165, 1.54) is 12.2 Å². The molecule has 2 heterocycles. The Morgan fingerprint density at radius 2 is 1.95 bits per heavy atom. The van der Waals surface area contributed by atoms with Gasteiger partial charge in [-0.05, 0) is 25.0 Å². The van der Waals surface area contributed by atoms with Gasteiger partial charge in [0.1, 0.15) is 11.9 Å². The maximum absolute atomic E-state index is 13.4. The number of amides is 4. The standard InChI is InChI=1S/C14H11FN2O4/c15-7-2-1-3-8-9(6-7)14(21)17(13(8)20)10-4-5-11(18)16-12(10)19/h1-2,6,10H,3-5H2,(H,16,18,19). The summed E-state index contributed by atoms with van der Waals surface area (Å²) in [5.74, 6) is -3.01. The molecule has 1 fully saturated rings. The van der Waals surface area contributed by atoms with Crippen LogP contribution in [0, 0.1) is 0 Å². The number of hydrogen-bond acceptors (Lipinski definition) is 4. The summed E-state index contributed by atoms with van der Waals surface area (Å²) in [4.78, 5) is 48.4. The second-order valence-corrected chi connectivity index (χ2v) is 4.98. The minimum Gasteiger partial charge on any atom is -0.295 e. The smallest absolute Gasteiger partial charge is 0.262 e. The van der Waals surface area contributed by atoms with Crippen molar-refractivity contribution in [1.29, 1.82) is 0 Å². The summed E-state index contributed by atoms with van der Waals surface area (Å²) >= 11 is 0. The van der Waals surface area contributed by atoms with Crippen LogP contribution in [-0.4, -0.2) is 34.6 Å². The molecule has 1 unspecified atom stereocenters. The SMILES string of the molecule is O=C1CCC(N2C(=O)C3=C(CC=CC(F)=C3)C2=O)C(=O)N1. The topological polar surface area (TPSA) is 83.6 Å². The minimum absolute atomic E-state index is 0.0211. The third-order valence-electron chi connectivity index (χ3n) is 3.65. The molecule has 2 aliphatic heterocycles. The molecule has 1 atom stereocenters. The van der Waals surface area contributed by atoms with Gasteiger partial charge in [0.05, 0.1) is 5.57 Å². The second kappa shape index (κ2) is 4.76. The Morgan fingerprint density at radius 1 is 1.19 bits per heavy atom. The molecule has 0 radical (unpaired) electrons. The summed E-state index contributed by atoms with van der Waals surface area (Å²) in [7, 11) is 0. The summed E-state index contributed by atoms with van der Waals surface area (Å²) in [6.45, 7) is 0. The van der Waals surface area contributed by atoms with E-state index in [2.05, 4.69) is 5.32 Å². The molecular formula is C14H11FN2O4. The van der Waals surface area contributed by atoms with Crippen LogP contribution < -0.4 is 5.32 Å². The monoisotopic (exact) mass is 290 g/mol. The Morgan fingerprint density at radius 3 is 2.67 bits per heavy atom. The average molecular weight is 290 g/mol. The molecule has 0 saturated carbocycles. The van der Waals surface area contributed by atoms with Gasteiger partial charge in [-0.25, -0.2) is 4.39 Å². The maximum Gasteiger partial charge on any atom is 0.262 e. The van der Waals surface area contributed by atoms with Crippen molar-refractivity contribution in [2.45, 2.75) is 25.3 Å². The third-order valence-corrected chi connectivity index (χ3v) is 3.65. The molecule has 4 amide bonds. The van der Waals surface area contributed by atoms with Crippen molar-refractivity contribution in [3.63, 3.8) is 0 Å². The third kappa shape index (κ3) is 2.10. The fraction of sp³-hybridized carbons (Fsp3) is 0.286. The van der Waals surface area contributed by atoms with Crippen LogP contribution in [0.25, 0.3) is 0 Å². The van der Waals surface area contributed by atoms with Crippen molar-refractivity contribution < 1.29 is 23.6 Å². The van der Waals surface area contributed by atoms with Gasteiger partial charge in [0.25, 0.3) is 11.8 Å². The van der Waals surface area contributed by atoms with Gasteiger partial charge < -0.3 is 0 Å². The Hall–Kier alpha value is -2.57. The lowest BCUT2D eigenvalue weighted by Gasteiger charge is -2.28. The normalized spacial score (nSPS) is 25.9. The highest BCUT2D eigenvalue weighted by atomic mass is 19.1. The minimum atomic E-state index is -1.02. The summed E-state index contributed by atoms with van der Waals surface area (Å²) < 4.78 is 13.4. The van der Waals surface area contributed by atoms with Crippen molar-refractivity contribution in [2.24, 2.45) is 0 Å². The maximum atomic E-state index is 13.4. The number of allylic oxidation sites excluding steroid dienone is 3. The quantitative estimate of drug-likeness (QED) is 0.703. The van der Waals surface area contributed by atoms with Crippen molar-refractivity contribution in [1.82, 2.24) is 10.2 Å². The molecule has 7 heteroatoms. The van der Waals surface area contributed by atoms with Crippen LogP contribution in [0.5, 0.6) is 0 Å². The molecular weight excluding hydrogens is 279 g/mol. The first-order valence-corrected chi connectivity index (χ1v) is 6.47. The highest BCUT2D eigenvalue weighted by molar-refractivity contribution is 6.23. The largest absolute Gasteiger partial charge is 0.295 e. The van der Waals surface area contributed by atoms with Crippen LogP contribution in [0.1, 0.15) is 19.3 Å². The zero-order valence-corrected chi connectivity index (χ0v) is 10.9. The Balaban J connectivity index is 1.93. The first-order valence-electron chi connectivity index (χ1n) is 6.47. The van der Waals surface area contributed by atoms with Gasteiger partial charge in [-0.3, -0.25) is 29.4 Å². The summed E-state index contributed by atoms with van der Waals surface area (Å²) in [6.07, 6.45) is 3.92. The van der Waals surface area contributed by atoms with Gasteiger partial charge >= 0.3 is 0 Å². The predicted octanol–water partition coefficient (Wildman–Crippen LogP) is 0.270. The van der Waals surface area contributed by atoms with Crippen molar-refractivity contribution in [3.8, 4) is 0 Å². The van der Waals surface area contributed by atoms with Crippen molar-refractivity contribution >= 4 is 23.6 Å². The van der Waals surface area contributed by atoms with Crippen LogP contribution in [0.4, 0.5) is 4.39 Å². The molecule has 0 aromatic rings. The summed E-state index contributed by atoms with van der Waals surface area (Å²) in [5.41, 5.74) is 0.154. The van der Waals surface area contributed by atoms with Gasteiger partial charge in [-0.15, -0.1) is 0 Å². The number of rotatable bonds is 1. The second-order valence-electron chi connectivity index (χ2n) is 4.98. The highest BCUT2D eigenvalue weighted by Gasteiger charge is 2.45. The average Bonchev–Trinajstić information content (AvgIpc) is 2.59. The lowest BCUT2D eigenvalue weighted by Crippen LogP contribution is -2.54. The number of carbonyl (C=O) groups excluding carboxylic acids is 4. The molecule has 3 aliphatic rings. The lowest BCUT2D eigenvalue weighted by atomic mass is 10.0. The molecule has 1 aliphatic carbocycles. The van der Waals surface area contributed by atoms with Crippen LogP contribution in [0.15, 0.2) is 35.2 Å². The van der Waals surface area contributed by atoms with Crippen LogP contribution in [0.3, 0.4) is 0 Å². The number of halogens is 1. The van der Waals surface area contributed by atoms with Crippen LogP contribution in [0.2, 0.25) is 0 Å². The molecule has 0 aromatic heterocycles. The number of carbonyl (C=O) groups is 4. The van der Waals surface area contributed by atoms with Gasteiger partial charge in [-0.2, -0.15) is 0 Å². The van der Waals surface area contributed by atoms with E-state index < -0.39 is 35.5 Å². The van der Waals surface area contributed by atoms with Crippen LogP contribution in [-0.2, 0) is 19.2 Å². The fourth-order valence-corrected chi connectivity index (χ4v) is 2.64. The van der Waals surface area contributed by atoms with Crippen molar-refractivity contribution in [2.75, 3.05) is 0 Å². The number of imide groups is 2. The molecule has 0 aromatic carbocycles. The molecule has 6 nitrogen and oxygen atoms in total. The van der Waals surface area contributed by atoms with E-state index >= 15 is 0 Å². The van der Waals surface area contributed by atoms with E-state index in [1.807, 2.05) is 0 Å². The van der Waals surface area contributed by atoms with Gasteiger partial charge in [-0.1, -0.05) is 6.08 Å². The fourth-order valence-electron chi connectivity index (χ4n) is 2.64. The molecule has 108 valence electrons. The van der Waals surface area contributed by atoms with Gasteiger partial charge in [0.15, 0.2) is 0 Å². The molecule has 21 heavy (non-hydrogen) atoms. The molecule has 0 bridgehead atoms. The van der Waals surface area contributed by atoms with E-state index in [-0.39, 0.29) is 30.4 Å². The van der Waals surface area contributed by atoms with Crippen molar-refractivity contribution in [3.05, 3.63) is 35.2 Å². The number of nitrogens with one attached hydrogen (secondary N) is 1. The van der Waals surface area contributed by atoms with E-state index in [1.54, 1.807) is 0 Å². The number of hydrogen-bond donors (Lipinski definition) is 1. The predicted molar refractivity (Wildman–Crippen MR) is 68.0 cm³/mol. The Bertz CT molecular complexity index is 674. The van der Waals surface area contributed by atoms with Gasteiger partial charge in [0, 0.05) is 12.0 Å². The highest BCUT2D eigenvalue weighted by Crippen LogP contribution is 2.31. The summed E-state index contributed by atoms with van der Waals surface area (Å²) in [6, 6.07) is -1.02. The zero-order chi connectivity index (χ0) is 15.1. The first kappa shape index (κ1) is 13.4. The Labute approximate surface area is 119 Å². The molecule has 1 N–H and O–H groups in total.